The van der Waals surface area contributed by atoms with E-state index < -0.39 is 27.6 Å². The molecule has 1 aromatic heterocycles. The number of hydrogen-bond donors (Lipinski definition) is 3. The number of aromatic nitrogens is 1. The van der Waals surface area contributed by atoms with E-state index in [1.807, 2.05) is 6.07 Å². The van der Waals surface area contributed by atoms with Crippen LogP contribution in [0.3, 0.4) is 0 Å². The van der Waals surface area contributed by atoms with Crippen molar-refractivity contribution in [3.05, 3.63) is 53.9 Å². The van der Waals surface area contributed by atoms with Crippen LogP contribution in [0.25, 0.3) is 0 Å². The molecule has 0 spiro atoms. The molecule has 2 atom stereocenters. The van der Waals surface area contributed by atoms with E-state index in [1.54, 1.807) is 19.1 Å². The van der Waals surface area contributed by atoms with Crippen molar-refractivity contribution in [1.29, 1.82) is 5.26 Å². The number of nitrogens with zero attached hydrogens (tertiary/aromatic N) is 2. The first-order valence-corrected chi connectivity index (χ1v) is 10.5. The number of carbonyl (C=O) groups excluding carboxylic acids is 1. The lowest BCUT2D eigenvalue weighted by Crippen LogP contribution is -2.56. The summed E-state index contributed by atoms with van der Waals surface area (Å²) >= 11 is 0. The first-order chi connectivity index (χ1) is 14.0. The van der Waals surface area contributed by atoms with Gasteiger partial charge in [-0.2, -0.15) is 9.98 Å². The van der Waals surface area contributed by atoms with Crippen LogP contribution in [0.4, 0.5) is 5.69 Å². The van der Waals surface area contributed by atoms with Crippen LogP contribution in [0, 0.1) is 18.3 Å². The quantitative estimate of drug-likeness (QED) is 0.629. The lowest BCUT2D eigenvalue weighted by molar-refractivity contribution is 0.0822. The maximum Gasteiger partial charge on any atom is 0.276 e. The number of hydrogen-bond acceptors (Lipinski definition) is 6. The fraction of sp³-hybridized carbons (Fsp3) is 0.300. The highest BCUT2D eigenvalue weighted by atomic mass is 32.2. The first-order valence-electron chi connectivity index (χ1n) is 9.04. The summed E-state index contributed by atoms with van der Waals surface area (Å²) < 4.78 is 35.3. The van der Waals surface area contributed by atoms with Gasteiger partial charge in [-0.05, 0) is 31.5 Å². The minimum absolute atomic E-state index is 0.0140. The third-order valence-electron chi connectivity index (χ3n) is 5.11. The van der Waals surface area contributed by atoms with Gasteiger partial charge in [0.1, 0.15) is 17.0 Å². The predicted octanol–water partition coefficient (Wildman–Crippen LogP) is 1.43. The Labute approximate surface area is 174 Å². The standard InChI is InChI=1S/C20H22N4O5S/c1-5-20(13(3)25)11-29-18-16(30(27,28)23-20)10-24(4)17(18)19(26)22-15-7-6-12(2)14(8-15)9-21/h5-8,10,13,23,25H,1,11H2,2-4H3,(H,22,26)/t13-,20-/m1/s1. The van der Waals surface area contributed by atoms with Gasteiger partial charge in [0.15, 0.2) is 11.4 Å². The number of ether oxygens (including phenoxy) is 1. The smallest absolute Gasteiger partial charge is 0.276 e. The minimum Gasteiger partial charge on any atom is -0.487 e. The number of nitriles is 1. The van der Waals surface area contributed by atoms with Crippen molar-refractivity contribution in [1.82, 2.24) is 9.29 Å². The second-order valence-electron chi connectivity index (χ2n) is 7.19. The molecule has 0 unspecified atom stereocenters. The van der Waals surface area contributed by atoms with E-state index in [4.69, 9.17) is 4.74 Å². The van der Waals surface area contributed by atoms with Crippen molar-refractivity contribution in [2.45, 2.75) is 30.4 Å². The van der Waals surface area contributed by atoms with Crippen molar-refractivity contribution in [2.24, 2.45) is 7.05 Å². The molecular weight excluding hydrogens is 408 g/mol. The number of amides is 1. The van der Waals surface area contributed by atoms with Crippen molar-refractivity contribution < 1.29 is 23.1 Å². The predicted molar refractivity (Wildman–Crippen MR) is 110 cm³/mol. The third kappa shape index (κ3) is 3.59. The molecule has 2 aromatic rings. The van der Waals surface area contributed by atoms with Crippen LogP contribution in [0.2, 0.25) is 0 Å². The zero-order chi connectivity index (χ0) is 22.3. The molecule has 0 saturated heterocycles. The zero-order valence-electron chi connectivity index (χ0n) is 16.8. The van der Waals surface area contributed by atoms with Gasteiger partial charge in [-0.1, -0.05) is 12.1 Å². The first kappa shape index (κ1) is 21.6. The van der Waals surface area contributed by atoms with Gasteiger partial charge in [0.05, 0.1) is 17.7 Å². The van der Waals surface area contributed by atoms with Crippen LogP contribution >= 0.6 is 0 Å². The van der Waals surface area contributed by atoms with Crippen LogP contribution in [0.15, 0.2) is 41.9 Å². The molecule has 1 aliphatic heterocycles. The molecule has 0 fully saturated rings. The van der Waals surface area contributed by atoms with Gasteiger partial charge in [0.2, 0.25) is 10.0 Å². The molecule has 0 aliphatic carbocycles. The van der Waals surface area contributed by atoms with Crippen molar-refractivity contribution in [3.63, 3.8) is 0 Å². The second kappa shape index (κ2) is 7.60. The molecule has 0 saturated carbocycles. The number of aliphatic hydroxyl groups excluding tert-OH is 1. The van der Waals surface area contributed by atoms with Gasteiger partial charge in [0, 0.05) is 18.9 Å². The van der Waals surface area contributed by atoms with E-state index in [9.17, 15) is 23.6 Å². The highest BCUT2D eigenvalue weighted by molar-refractivity contribution is 7.89. The summed E-state index contributed by atoms with van der Waals surface area (Å²) in [6.45, 7) is 6.55. The summed E-state index contributed by atoms with van der Waals surface area (Å²) in [6, 6.07) is 6.92. The molecule has 1 aromatic carbocycles. The molecule has 158 valence electrons. The van der Waals surface area contributed by atoms with E-state index >= 15 is 0 Å². The van der Waals surface area contributed by atoms with Gasteiger partial charge < -0.3 is 19.7 Å². The normalized spacial score (nSPS) is 20.8. The van der Waals surface area contributed by atoms with E-state index in [0.29, 0.717) is 11.3 Å². The van der Waals surface area contributed by atoms with Gasteiger partial charge in [-0.25, -0.2) is 8.42 Å². The summed E-state index contributed by atoms with van der Waals surface area (Å²) in [4.78, 5) is 12.7. The van der Waals surface area contributed by atoms with Crippen molar-refractivity contribution in [3.8, 4) is 11.8 Å². The number of benzene rings is 1. The third-order valence-corrected chi connectivity index (χ3v) is 6.63. The molecule has 1 aliphatic rings. The van der Waals surface area contributed by atoms with Crippen molar-refractivity contribution in [2.75, 3.05) is 11.9 Å². The summed E-state index contributed by atoms with van der Waals surface area (Å²) in [5, 5.41) is 22.0. The number of anilines is 1. The molecule has 1 amide bonds. The van der Waals surface area contributed by atoms with Crippen LogP contribution in [0.5, 0.6) is 5.75 Å². The molecule has 3 rings (SSSR count). The van der Waals surface area contributed by atoms with Crippen LogP contribution in [-0.4, -0.2) is 42.2 Å². The van der Waals surface area contributed by atoms with Crippen LogP contribution < -0.4 is 14.8 Å². The number of aliphatic hydroxyl groups is 1. The molecule has 0 bridgehead atoms. The summed E-state index contributed by atoms with van der Waals surface area (Å²) in [5.41, 5.74) is 0.100. The SMILES string of the molecule is C=C[C@]1([C@@H](C)O)COc2c(cn(C)c2C(=O)Nc2ccc(C)c(C#N)c2)S(=O)(=O)N1. The monoisotopic (exact) mass is 430 g/mol. The molecule has 10 heteroatoms. The Bertz CT molecular complexity index is 1180. The Morgan fingerprint density at radius 1 is 1.53 bits per heavy atom. The number of rotatable bonds is 4. The largest absolute Gasteiger partial charge is 0.487 e. The number of carbonyl (C=O) groups is 1. The maximum absolute atomic E-state index is 13.0. The number of fused-ring (bicyclic) bond motifs is 1. The molecular formula is C20H22N4O5S. The van der Waals surface area contributed by atoms with E-state index in [0.717, 1.165) is 5.56 Å². The van der Waals surface area contributed by atoms with Gasteiger partial charge in [-0.15, -0.1) is 6.58 Å². The van der Waals surface area contributed by atoms with E-state index in [2.05, 4.69) is 16.6 Å². The lowest BCUT2D eigenvalue weighted by Gasteiger charge is -2.31. The fourth-order valence-corrected chi connectivity index (χ4v) is 4.80. The van der Waals surface area contributed by atoms with Gasteiger partial charge in [0.25, 0.3) is 5.91 Å². The van der Waals surface area contributed by atoms with Crippen LogP contribution in [-0.2, 0) is 17.1 Å². The van der Waals surface area contributed by atoms with Crippen LogP contribution in [0.1, 0.15) is 28.5 Å². The Hall–Kier alpha value is -3.13. The summed E-state index contributed by atoms with van der Waals surface area (Å²) in [5.74, 6) is -0.732. The average Bonchev–Trinajstić information content (AvgIpc) is 2.98. The molecule has 2 heterocycles. The fourth-order valence-electron chi connectivity index (χ4n) is 3.18. The minimum atomic E-state index is -4.12. The summed E-state index contributed by atoms with van der Waals surface area (Å²) in [7, 11) is -2.60. The zero-order valence-corrected chi connectivity index (χ0v) is 17.6. The van der Waals surface area contributed by atoms with E-state index in [1.165, 1.54) is 36.9 Å². The highest BCUT2D eigenvalue weighted by Gasteiger charge is 2.44. The molecule has 0 radical (unpaired) electrons. The Morgan fingerprint density at radius 2 is 2.23 bits per heavy atom. The average molecular weight is 430 g/mol. The maximum atomic E-state index is 13.0. The molecule has 9 nitrogen and oxygen atoms in total. The number of nitrogens with one attached hydrogen (secondary N) is 2. The lowest BCUT2D eigenvalue weighted by atomic mass is 9.96. The molecule has 3 N–H and O–H groups in total. The molecule has 30 heavy (non-hydrogen) atoms. The topological polar surface area (TPSA) is 133 Å². The Kier molecular flexibility index (Phi) is 5.47. The highest BCUT2D eigenvalue weighted by Crippen LogP contribution is 2.35. The van der Waals surface area contributed by atoms with Gasteiger partial charge >= 0.3 is 0 Å². The second-order valence-corrected chi connectivity index (χ2v) is 8.84. The van der Waals surface area contributed by atoms with E-state index in [-0.39, 0.29) is 22.9 Å². The summed E-state index contributed by atoms with van der Waals surface area (Å²) in [6.07, 6.45) is 1.41. The number of aryl methyl sites for hydroxylation is 2. The Balaban J connectivity index is 2.03. The Morgan fingerprint density at radius 3 is 2.83 bits per heavy atom. The van der Waals surface area contributed by atoms with Gasteiger partial charge in [-0.3, -0.25) is 4.79 Å². The number of sulfonamides is 1. The van der Waals surface area contributed by atoms with Crippen molar-refractivity contribution >= 4 is 21.6 Å².